The van der Waals surface area contributed by atoms with Crippen LogP contribution in [0.1, 0.15) is 31.1 Å². The van der Waals surface area contributed by atoms with Gasteiger partial charge in [-0.3, -0.25) is 9.80 Å². The molecule has 1 fully saturated rings. The number of benzene rings is 1. The molecule has 6 heteroatoms. The summed E-state index contributed by atoms with van der Waals surface area (Å²) >= 11 is 0. The molecule has 124 valence electrons. The van der Waals surface area contributed by atoms with Crippen molar-refractivity contribution in [2.75, 3.05) is 26.2 Å². The Morgan fingerprint density at radius 1 is 1.04 bits per heavy atom. The zero-order valence-electron chi connectivity index (χ0n) is 13.9. The Morgan fingerprint density at radius 2 is 1.65 bits per heavy atom. The molecule has 1 aromatic carbocycles. The second-order valence-corrected chi connectivity index (χ2v) is 6.77. The summed E-state index contributed by atoms with van der Waals surface area (Å²) in [5, 5.41) is 3.98. The molecule has 2 heterocycles. The Bertz CT molecular complexity index is 611. The Labute approximate surface area is 137 Å². The molecule has 2 aromatic rings. The number of nitrogens with two attached hydrogens (primary N) is 1. The van der Waals surface area contributed by atoms with Gasteiger partial charge in [-0.1, -0.05) is 35.5 Å². The van der Waals surface area contributed by atoms with Gasteiger partial charge in [-0.15, -0.1) is 0 Å². The number of hydrogen-bond acceptors (Lipinski definition) is 6. The molecule has 0 spiro atoms. The van der Waals surface area contributed by atoms with E-state index in [-0.39, 0.29) is 0 Å². The van der Waals surface area contributed by atoms with Gasteiger partial charge in [-0.2, -0.15) is 4.98 Å². The number of nitrogens with zero attached hydrogens (tertiary/aromatic N) is 4. The first-order chi connectivity index (χ1) is 11.0. The van der Waals surface area contributed by atoms with E-state index in [0.29, 0.717) is 18.3 Å². The highest BCUT2D eigenvalue weighted by atomic mass is 16.5. The molecule has 0 atom stereocenters. The zero-order valence-corrected chi connectivity index (χ0v) is 13.9. The fourth-order valence-electron chi connectivity index (χ4n) is 2.72. The van der Waals surface area contributed by atoms with Crippen LogP contribution in [0.25, 0.3) is 0 Å². The number of piperazine rings is 1. The maximum absolute atomic E-state index is 5.99. The number of rotatable bonds is 5. The fraction of sp³-hybridized carbons (Fsp3) is 0.529. The molecule has 0 bridgehead atoms. The minimum atomic E-state index is -0.559. The molecule has 2 N–H and O–H groups in total. The van der Waals surface area contributed by atoms with Crippen molar-refractivity contribution in [3.05, 3.63) is 47.6 Å². The summed E-state index contributed by atoms with van der Waals surface area (Å²) in [6.45, 7) is 9.60. The van der Waals surface area contributed by atoms with E-state index < -0.39 is 5.54 Å². The molecule has 1 aliphatic heterocycles. The lowest BCUT2D eigenvalue weighted by molar-refractivity contribution is 0.112. The molecular formula is C17H25N5O. The largest absolute Gasteiger partial charge is 0.338 e. The molecule has 0 amide bonds. The normalized spacial score (nSPS) is 17.5. The summed E-state index contributed by atoms with van der Waals surface area (Å²) in [5.41, 5.74) is 6.80. The van der Waals surface area contributed by atoms with Crippen molar-refractivity contribution in [2.45, 2.75) is 32.5 Å². The molecule has 0 radical (unpaired) electrons. The van der Waals surface area contributed by atoms with Gasteiger partial charge < -0.3 is 10.3 Å². The predicted octanol–water partition coefficient (Wildman–Crippen LogP) is 1.58. The lowest BCUT2D eigenvalue weighted by Crippen LogP contribution is -2.45. The van der Waals surface area contributed by atoms with Crippen LogP contribution in [0.4, 0.5) is 0 Å². The van der Waals surface area contributed by atoms with Crippen molar-refractivity contribution in [1.29, 1.82) is 0 Å². The van der Waals surface area contributed by atoms with Crippen LogP contribution >= 0.6 is 0 Å². The molecule has 6 nitrogen and oxygen atoms in total. The fourth-order valence-corrected chi connectivity index (χ4v) is 2.72. The summed E-state index contributed by atoms with van der Waals surface area (Å²) in [6.07, 6.45) is 0. The van der Waals surface area contributed by atoms with Gasteiger partial charge in [0.15, 0.2) is 5.82 Å². The average Bonchev–Trinajstić information content (AvgIpc) is 2.99. The van der Waals surface area contributed by atoms with Crippen LogP contribution in [0.3, 0.4) is 0 Å². The van der Waals surface area contributed by atoms with Gasteiger partial charge in [0.05, 0.1) is 12.1 Å². The third-order valence-corrected chi connectivity index (χ3v) is 4.12. The first-order valence-electron chi connectivity index (χ1n) is 8.11. The Morgan fingerprint density at radius 3 is 2.22 bits per heavy atom. The van der Waals surface area contributed by atoms with Crippen LogP contribution in [-0.2, 0) is 18.6 Å². The van der Waals surface area contributed by atoms with Gasteiger partial charge in [0.2, 0.25) is 5.89 Å². The Kier molecular flexibility index (Phi) is 4.75. The van der Waals surface area contributed by atoms with Gasteiger partial charge in [-0.05, 0) is 19.4 Å². The molecule has 0 aliphatic carbocycles. The van der Waals surface area contributed by atoms with Gasteiger partial charge in [0, 0.05) is 32.7 Å². The molecular weight excluding hydrogens is 290 g/mol. The maximum Gasteiger partial charge on any atom is 0.240 e. The summed E-state index contributed by atoms with van der Waals surface area (Å²) in [6, 6.07) is 10.6. The zero-order chi connectivity index (χ0) is 16.3. The van der Waals surface area contributed by atoms with E-state index in [2.05, 4.69) is 50.3 Å². The monoisotopic (exact) mass is 315 g/mol. The highest BCUT2D eigenvalue weighted by Crippen LogP contribution is 2.15. The second kappa shape index (κ2) is 6.78. The van der Waals surface area contributed by atoms with Crippen molar-refractivity contribution < 1.29 is 4.52 Å². The van der Waals surface area contributed by atoms with Crippen LogP contribution < -0.4 is 5.73 Å². The van der Waals surface area contributed by atoms with Crippen LogP contribution in [0.2, 0.25) is 0 Å². The van der Waals surface area contributed by atoms with Gasteiger partial charge in [0.25, 0.3) is 0 Å². The smallest absolute Gasteiger partial charge is 0.240 e. The number of hydrogen-bond donors (Lipinski definition) is 1. The lowest BCUT2D eigenvalue weighted by Gasteiger charge is -2.33. The van der Waals surface area contributed by atoms with E-state index in [9.17, 15) is 0 Å². The highest BCUT2D eigenvalue weighted by Gasteiger charge is 2.23. The Hall–Kier alpha value is -1.76. The molecule has 1 aliphatic rings. The number of aromatic nitrogens is 2. The third-order valence-electron chi connectivity index (χ3n) is 4.12. The first-order valence-corrected chi connectivity index (χ1v) is 8.11. The van der Waals surface area contributed by atoms with E-state index in [4.69, 9.17) is 10.3 Å². The minimum absolute atomic E-state index is 0.559. The van der Waals surface area contributed by atoms with Crippen molar-refractivity contribution in [3.63, 3.8) is 0 Å². The molecule has 1 saturated heterocycles. The predicted molar refractivity (Wildman–Crippen MR) is 88.5 cm³/mol. The first kappa shape index (κ1) is 16.1. The topological polar surface area (TPSA) is 71.4 Å². The van der Waals surface area contributed by atoms with E-state index in [1.807, 2.05) is 13.8 Å². The van der Waals surface area contributed by atoms with Crippen LogP contribution in [0.5, 0.6) is 0 Å². The summed E-state index contributed by atoms with van der Waals surface area (Å²) in [5.74, 6) is 1.21. The summed E-state index contributed by atoms with van der Waals surface area (Å²) in [4.78, 5) is 9.23. The van der Waals surface area contributed by atoms with Gasteiger partial charge in [-0.25, -0.2) is 0 Å². The quantitative estimate of drug-likeness (QED) is 0.903. The van der Waals surface area contributed by atoms with Crippen molar-refractivity contribution in [2.24, 2.45) is 5.73 Å². The SMILES string of the molecule is CC(C)(N)c1noc(CN2CCN(Cc3ccccc3)CC2)n1. The van der Waals surface area contributed by atoms with Crippen molar-refractivity contribution >= 4 is 0 Å². The lowest BCUT2D eigenvalue weighted by atomic mass is 10.1. The van der Waals surface area contributed by atoms with Crippen LogP contribution in [0.15, 0.2) is 34.9 Å². The standard InChI is InChI=1S/C17H25N5O/c1-17(2,18)16-19-15(23-20-16)13-22-10-8-21(9-11-22)12-14-6-4-3-5-7-14/h3-7H,8-13,18H2,1-2H3. The van der Waals surface area contributed by atoms with Gasteiger partial charge in [0.1, 0.15) is 0 Å². The molecule has 23 heavy (non-hydrogen) atoms. The molecule has 3 rings (SSSR count). The van der Waals surface area contributed by atoms with Crippen LogP contribution in [-0.4, -0.2) is 46.1 Å². The highest BCUT2D eigenvalue weighted by molar-refractivity contribution is 5.14. The van der Waals surface area contributed by atoms with E-state index >= 15 is 0 Å². The average molecular weight is 315 g/mol. The molecule has 1 aromatic heterocycles. The minimum Gasteiger partial charge on any atom is -0.338 e. The third kappa shape index (κ3) is 4.37. The van der Waals surface area contributed by atoms with E-state index in [1.54, 1.807) is 0 Å². The van der Waals surface area contributed by atoms with Crippen molar-refractivity contribution in [3.8, 4) is 0 Å². The van der Waals surface area contributed by atoms with E-state index in [0.717, 1.165) is 32.7 Å². The summed E-state index contributed by atoms with van der Waals surface area (Å²) < 4.78 is 5.32. The van der Waals surface area contributed by atoms with E-state index in [1.165, 1.54) is 5.56 Å². The molecule has 0 unspecified atom stereocenters. The summed E-state index contributed by atoms with van der Waals surface area (Å²) in [7, 11) is 0. The second-order valence-electron chi connectivity index (χ2n) is 6.77. The molecule has 0 saturated carbocycles. The Balaban J connectivity index is 1.48. The van der Waals surface area contributed by atoms with Gasteiger partial charge >= 0.3 is 0 Å². The van der Waals surface area contributed by atoms with Crippen molar-refractivity contribution in [1.82, 2.24) is 19.9 Å². The van der Waals surface area contributed by atoms with Crippen LogP contribution in [0, 0.1) is 0 Å². The maximum atomic E-state index is 5.99.